The Morgan fingerprint density at radius 2 is 1.61 bits per heavy atom. The Morgan fingerprint density at radius 1 is 0.903 bits per heavy atom. The van der Waals surface area contributed by atoms with Gasteiger partial charge in [-0.05, 0) is 55.3 Å². The van der Waals surface area contributed by atoms with Crippen molar-refractivity contribution >= 4 is 55.8 Å². The van der Waals surface area contributed by atoms with Gasteiger partial charge < -0.3 is 10.6 Å². The van der Waals surface area contributed by atoms with Gasteiger partial charge in [-0.2, -0.15) is 0 Å². The largest absolute Gasteiger partial charge is 0.326 e. The highest BCUT2D eigenvalue weighted by molar-refractivity contribution is 7.22. The molecule has 0 spiro atoms. The Labute approximate surface area is 184 Å². The van der Waals surface area contributed by atoms with Crippen molar-refractivity contribution in [3.63, 3.8) is 0 Å². The minimum absolute atomic E-state index is 0.0602. The number of amides is 3. The van der Waals surface area contributed by atoms with Crippen molar-refractivity contribution in [3.05, 3.63) is 48.0 Å². The fourth-order valence-electron chi connectivity index (χ4n) is 3.74. The van der Waals surface area contributed by atoms with E-state index in [1.54, 1.807) is 36.4 Å². The molecule has 8 heteroatoms. The fraction of sp³-hybridized carbons (Fsp3) is 0.304. The lowest BCUT2D eigenvalue weighted by Crippen LogP contribution is -2.24. The molecule has 1 fully saturated rings. The van der Waals surface area contributed by atoms with E-state index in [1.807, 2.05) is 6.07 Å². The van der Waals surface area contributed by atoms with Crippen molar-refractivity contribution in [1.82, 2.24) is 4.98 Å². The topological polar surface area (TPSA) is 100 Å². The van der Waals surface area contributed by atoms with Gasteiger partial charge in [0.05, 0.1) is 10.2 Å². The first-order chi connectivity index (χ1) is 15.0. The minimum Gasteiger partial charge on any atom is -0.326 e. The third kappa shape index (κ3) is 5.27. The van der Waals surface area contributed by atoms with Gasteiger partial charge in [0, 0.05) is 29.8 Å². The number of hydrogen-bond donors (Lipinski definition) is 3. The Balaban J connectivity index is 1.39. The van der Waals surface area contributed by atoms with E-state index in [2.05, 4.69) is 20.9 Å². The van der Waals surface area contributed by atoms with E-state index in [0.717, 1.165) is 35.9 Å². The first-order valence-corrected chi connectivity index (χ1v) is 11.2. The van der Waals surface area contributed by atoms with Gasteiger partial charge in [0.2, 0.25) is 11.8 Å². The summed E-state index contributed by atoms with van der Waals surface area (Å²) in [4.78, 5) is 40.6. The Hall–Kier alpha value is -3.26. The van der Waals surface area contributed by atoms with Crippen molar-refractivity contribution in [2.24, 2.45) is 5.92 Å². The molecule has 1 heterocycles. The van der Waals surface area contributed by atoms with Crippen LogP contribution in [0.5, 0.6) is 0 Å². The zero-order valence-corrected chi connectivity index (χ0v) is 18.1. The quantitative estimate of drug-likeness (QED) is 0.522. The molecular weight excluding hydrogens is 412 g/mol. The molecule has 160 valence electrons. The van der Waals surface area contributed by atoms with Gasteiger partial charge in [-0.3, -0.25) is 19.7 Å². The Morgan fingerprint density at radius 3 is 2.32 bits per heavy atom. The molecule has 3 N–H and O–H groups in total. The SMILES string of the molecule is CC(=O)Nc1ccc2nc(NC(=O)c3ccc(NC(=O)C4CCCCC4)cc3)sc2c1. The maximum atomic E-state index is 12.6. The first-order valence-electron chi connectivity index (χ1n) is 10.4. The monoisotopic (exact) mass is 436 g/mol. The lowest BCUT2D eigenvalue weighted by molar-refractivity contribution is -0.120. The predicted octanol–water partition coefficient (Wildman–Crippen LogP) is 5.03. The zero-order valence-electron chi connectivity index (χ0n) is 17.2. The molecule has 0 radical (unpaired) electrons. The number of nitrogens with zero attached hydrogens (tertiary/aromatic N) is 1. The van der Waals surface area contributed by atoms with E-state index in [9.17, 15) is 14.4 Å². The average Bonchev–Trinajstić information content (AvgIpc) is 3.16. The molecule has 31 heavy (non-hydrogen) atoms. The minimum atomic E-state index is -0.272. The standard InChI is InChI=1S/C23H24N4O3S/c1-14(28)24-18-11-12-19-20(13-18)31-23(26-19)27-22(30)16-7-9-17(10-8-16)25-21(29)15-5-3-2-4-6-15/h7-13,15H,2-6H2,1H3,(H,24,28)(H,25,29)(H,26,27,30). The summed E-state index contributed by atoms with van der Waals surface area (Å²) < 4.78 is 0.863. The van der Waals surface area contributed by atoms with E-state index in [0.29, 0.717) is 22.1 Å². The summed E-state index contributed by atoms with van der Waals surface area (Å²) in [5, 5.41) is 8.98. The van der Waals surface area contributed by atoms with Gasteiger partial charge in [0.15, 0.2) is 5.13 Å². The number of aromatic nitrogens is 1. The van der Waals surface area contributed by atoms with Crippen molar-refractivity contribution in [3.8, 4) is 0 Å². The van der Waals surface area contributed by atoms with Crippen LogP contribution in [-0.2, 0) is 9.59 Å². The fourth-order valence-corrected chi connectivity index (χ4v) is 4.64. The van der Waals surface area contributed by atoms with E-state index in [-0.39, 0.29) is 23.6 Å². The third-order valence-corrected chi connectivity index (χ3v) is 6.25. The highest BCUT2D eigenvalue weighted by atomic mass is 32.1. The van der Waals surface area contributed by atoms with Crippen LogP contribution in [0.2, 0.25) is 0 Å². The molecule has 3 amide bonds. The average molecular weight is 437 g/mol. The summed E-state index contributed by atoms with van der Waals surface area (Å²) in [6.07, 6.45) is 5.31. The second-order valence-corrected chi connectivity index (χ2v) is 8.77. The number of carbonyl (C=O) groups is 3. The Kier molecular flexibility index (Phi) is 6.27. The van der Waals surface area contributed by atoms with Crippen molar-refractivity contribution in [1.29, 1.82) is 0 Å². The second-order valence-electron chi connectivity index (χ2n) is 7.74. The molecule has 1 saturated carbocycles. The molecule has 1 aromatic heterocycles. The van der Waals surface area contributed by atoms with Gasteiger partial charge in [0.25, 0.3) is 5.91 Å². The van der Waals surface area contributed by atoms with Gasteiger partial charge in [-0.15, -0.1) is 0 Å². The van der Waals surface area contributed by atoms with Crippen LogP contribution in [0.3, 0.4) is 0 Å². The maximum Gasteiger partial charge on any atom is 0.257 e. The molecule has 0 unspecified atom stereocenters. The highest BCUT2D eigenvalue weighted by Crippen LogP contribution is 2.29. The second kappa shape index (κ2) is 9.26. The molecule has 0 atom stereocenters. The molecule has 1 aliphatic carbocycles. The van der Waals surface area contributed by atoms with Gasteiger partial charge in [-0.25, -0.2) is 4.98 Å². The maximum absolute atomic E-state index is 12.6. The van der Waals surface area contributed by atoms with Gasteiger partial charge in [0.1, 0.15) is 0 Å². The molecule has 0 bridgehead atoms. The van der Waals surface area contributed by atoms with E-state index < -0.39 is 0 Å². The van der Waals surface area contributed by atoms with Crippen LogP contribution >= 0.6 is 11.3 Å². The Bertz CT molecular complexity index is 1120. The molecule has 0 saturated heterocycles. The normalized spacial score (nSPS) is 14.2. The van der Waals surface area contributed by atoms with Crippen LogP contribution in [0.1, 0.15) is 49.4 Å². The molecule has 4 rings (SSSR count). The van der Waals surface area contributed by atoms with Gasteiger partial charge in [-0.1, -0.05) is 30.6 Å². The summed E-state index contributed by atoms with van der Waals surface area (Å²) in [6.45, 7) is 1.45. The van der Waals surface area contributed by atoms with Gasteiger partial charge >= 0.3 is 0 Å². The number of fused-ring (bicyclic) bond motifs is 1. The summed E-state index contributed by atoms with van der Waals surface area (Å²) in [5.41, 5.74) is 2.61. The smallest absolute Gasteiger partial charge is 0.257 e. The van der Waals surface area contributed by atoms with Crippen LogP contribution < -0.4 is 16.0 Å². The summed E-state index contributed by atoms with van der Waals surface area (Å²) in [5.74, 6) is -0.269. The van der Waals surface area contributed by atoms with E-state index in [1.165, 1.54) is 24.7 Å². The number of anilines is 3. The highest BCUT2D eigenvalue weighted by Gasteiger charge is 2.21. The zero-order chi connectivity index (χ0) is 21.8. The third-order valence-electron chi connectivity index (χ3n) is 5.32. The lowest BCUT2D eigenvalue weighted by Gasteiger charge is -2.20. The van der Waals surface area contributed by atoms with E-state index >= 15 is 0 Å². The molecule has 7 nitrogen and oxygen atoms in total. The van der Waals surface area contributed by atoms with Crippen molar-refractivity contribution < 1.29 is 14.4 Å². The van der Waals surface area contributed by atoms with Crippen LogP contribution in [-0.4, -0.2) is 22.7 Å². The molecule has 0 aliphatic heterocycles. The van der Waals surface area contributed by atoms with Crippen LogP contribution in [0.15, 0.2) is 42.5 Å². The molecular formula is C23H24N4O3S. The van der Waals surface area contributed by atoms with Crippen LogP contribution in [0.4, 0.5) is 16.5 Å². The first kappa shape index (κ1) is 21.0. The van der Waals surface area contributed by atoms with Crippen molar-refractivity contribution in [2.45, 2.75) is 39.0 Å². The summed E-state index contributed by atoms with van der Waals surface area (Å²) >= 11 is 1.34. The van der Waals surface area contributed by atoms with E-state index in [4.69, 9.17) is 0 Å². The predicted molar refractivity (Wildman–Crippen MR) is 124 cm³/mol. The lowest BCUT2D eigenvalue weighted by atomic mass is 9.88. The van der Waals surface area contributed by atoms with Crippen LogP contribution in [0, 0.1) is 5.92 Å². The number of hydrogen-bond acceptors (Lipinski definition) is 5. The van der Waals surface area contributed by atoms with Crippen LogP contribution in [0.25, 0.3) is 10.2 Å². The number of nitrogens with one attached hydrogen (secondary N) is 3. The summed E-state index contributed by atoms with van der Waals surface area (Å²) in [6, 6.07) is 12.3. The molecule has 3 aromatic rings. The number of thiazole rings is 1. The summed E-state index contributed by atoms with van der Waals surface area (Å²) in [7, 11) is 0. The number of benzene rings is 2. The number of rotatable bonds is 5. The number of carbonyl (C=O) groups excluding carboxylic acids is 3. The molecule has 1 aliphatic rings. The van der Waals surface area contributed by atoms with Crippen molar-refractivity contribution in [2.75, 3.05) is 16.0 Å². The molecule has 2 aromatic carbocycles.